The van der Waals surface area contributed by atoms with Crippen LogP contribution in [0.5, 0.6) is 0 Å². The van der Waals surface area contributed by atoms with Crippen LogP contribution in [0.2, 0.25) is 0 Å². The molecule has 0 amide bonds. The number of thiophene rings is 1. The van der Waals surface area contributed by atoms with E-state index in [1.165, 1.54) is 10.4 Å². The first-order chi connectivity index (χ1) is 11.9. The largest absolute Gasteiger partial charge is 0.396 e. The van der Waals surface area contributed by atoms with Crippen molar-refractivity contribution in [2.24, 2.45) is 0 Å². The van der Waals surface area contributed by atoms with Crippen molar-refractivity contribution in [2.45, 2.75) is 31.0 Å². The van der Waals surface area contributed by atoms with Crippen LogP contribution in [0.4, 0.5) is 0 Å². The molecule has 1 N–H and O–H groups in total. The first-order valence-electron chi connectivity index (χ1n) is 8.09. The fourth-order valence-corrected chi connectivity index (χ4v) is 4.07. The minimum Gasteiger partial charge on any atom is -0.396 e. The number of hydrogen-bond donors (Lipinski definition) is 1. The van der Waals surface area contributed by atoms with Crippen LogP contribution in [-0.4, -0.2) is 32.2 Å². The van der Waals surface area contributed by atoms with Gasteiger partial charge in [-0.1, -0.05) is 48.2 Å². The van der Waals surface area contributed by atoms with Crippen molar-refractivity contribution in [1.29, 1.82) is 0 Å². The van der Waals surface area contributed by atoms with E-state index >= 15 is 0 Å². The molecule has 3 aromatic rings. The van der Waals surface area contributed by atoms with Crippen LogP contribution in [0.25, 0.3) is 0 Å². The molecule has 0 spiro atoms. The number of rotatable bonds is 9. The fourth-order valence-electron chi connectivity index (χ4n) is 2.46. The topological polar surface area (TPSA) is 50.9 Å². The molecule has 3 rings (SSSR count). The molecule has 0 saturated carbocycles. The number of aliphatic hydroxyl groups excluding tert-OH is 1. The summed E-state index contributed by atoms with van der Waals surface area (Å²) in [6, 6.07) is 14.7. The third-order valence-electron chi connectivity index (χ3n) is 3.71. The molecular formula is C18H21N3OS2. The first kappa shape index (κ1) is 17.2. The third kappa shape index (κ3) is 4.69. The second kappa shape index (κ2) is 9.01. The molecule has 2 heterocycles. The number of aromatic nitrogens is 3. The highest BCUT2D eigenvalue weighted by Gasteiger charge is 2.13. The molecule has 4 nitrogen and oxygen atoms in total. The van der Waals surface area contributed by atoms with Gasteiger partial charge in [0.05, 0.1) is 0 Å². The Morgan fingerprint density at radius 2 is 1.96 bits per heavy atom. The quantitative estimate of drug-likeness (QED) is 0.468. The van der Waals surface area contributed by atoms with Gasteiger partial charge in [-0.05, 0) is 29.9 Å². The maximum absolute atomic E-state index is 8.99. The molecule has 0 unspecified atom stereocenters. The van der Waals surface area contributed by atoms with Gasteiger partial charge in [0, 0.05) is 30.2 Å². The van der Waals surface area contributed by atoms with E-state index < -0.39 is 0 Å². The van der Waals surface area contributed by atoms with E-state index in [-0.39, 0.29) is 6.61 Å². The SMILES string of the molecule is OCCCSc1nnc(Cc2cccs2)n1CCc1ccccc1. The van der Waals surface area contributed by atoms with Gasteiger partial charge in [0.15, 0.2) is 5.16 Å². The molecule has 0 aliphatic carbocycles. The van der Waals surface area contributed by atoms with Gasteiger partial charge in [0.1, 0.15) is 5.82 Å². The van der Waals surface area contributed by atoms with E-state index in [0.717, 1.165) is 42.5 Å². The number of nitrogens with zero attached hydrogens (tertiary/aromatic N) is 3. The molecule has 0 atom stereocenters. The molecule has 0 aliphatic heterocycles. The molecule has 6 heteroatoms. The first-order valence-corrected chi connectivity index (χ1v) is 9.95. The zero-order valence-electron chi connectivity index (χ0n) is 13.5. The summed E-state index contributed by atoms with van der Waals surface area (Å²) < 4.78 is 2.23. The second-order valence-corrected chi connectivity index (χ2v) is 7.56. The van der Waals surface area contributed by atoms with Crippen LogP contribution in [0.3, 0.4) is 0 Å². The Bertz CT molecular complexity index is 726. The van der Waals surface area contributed by atoms with Crippen molar-refractivity contribution in [3.05, 3.63) is 64.1 Å². The van der Waals surface area contributed by atoms with Gasteiger partial charge in [-0.25, -0.2) is 0 Å². The number of hydrogen-bond acceptors (Lipinski definition) is 5. The predicted molar refractivity (Wildman–Crippen MR) is 99.7 cm³/mol. The van der Waals surface area contributed by atoms with Crippen molar-refractivity contribution < 1.29 is 5.11 Å². The number of aryl methyl sites for hydroxylation is 1. The van der Waals surface area contributed by atoms with E-state index in [4.69, 9.17) is 5.11 Å². The predicted octanol–water partition coefficient (Wildman–Crippen LogP) is 3.65. The molecule has 24 heavy (non-hydrogen) atoms. The number of benzene rings is 1. The Balaban J connectivity index is 1.74. The van der Waals surface area contributed by atoms with Gasteiger partial charge in [-0.15, -0.1) is 21.5 Å². The zero-order chi connectivity index (χ0) is 16.6. The van der Waals surface area contributed by atoms with Crippen LogP contribution < -0.4 is 0 Å². The lowest BCUT2D eigenvalue weighted by molar-refractivity contribution is 0.296. The van der Waals surface area contributed by atoms with E-state index in [1.54, 1.807) is 23.1 Å². The van der Waals surface area contributed by atoms with Crippen molar-refractivity contribution in [3.63, 3.8) is 0 Å². The van der Waals surface area contributed by atoms with Gasteiger partial charge in [-0.3, -0.25) is 0 Å². The minimum atomic E-state index is 0.215. The molecule has 0 aliphatic rings. The zero-order valence-corrected chi connectivity index (χ0v) is 15.1. The number of thioether (sulfide) groups is 1. The Kier molecular flexibility index (Phi) is 6.46. The summed E-state index contributed by atoms with van der Waals surface area (Å²) in [6.07, 6.45) is 2.56. The lowest BCUT2D eigenvalue weighted by Gasteiger charge is -2.10. The van der Waals surface area contributed by atoms with Gasteiger partial charge in [0.25, 0.3) is 0 Å². The second-order valence-electron chi connectivity index (χ2n) is 5.47. The van der Waals surface area contributed by atoms with E-state index in [1.807, 2.05) is 6.07 Å². The van der Waals surface area contributed by atoms with Crippen molar-refractivity contribution in [1.82, 2.24) is 14.8 Å². The Labute approximate surface area is 150 Å². The van der Waals surface area contributed by atoms with E-state index in [0.29, 0.717) is 0 Å². The molecular weight excluding hydrogens is 338 g/mol. The van der Waals surface area contributed by atoms with Crippen molar-refractivity contribution in [3.8, 4) is 0 Å². The van der Waals surface area contributed by atoms with Crippen LogP contribution in [0.15, 0.2) is 53.0 Å². The molecule has 0 fully saturated rings. The summed E-state index contributed by atoms with van der Waals surface area (Å²) in [4.78, 5) is 1.30. The van der Waals surface area contributed by atoms with Gasteiger partial charge < -0.3 is 9.67 Å². The van der Waals surface area contributed by atoms with Crippen molar-refractivity contribution >= 4 is 23.1 Å². The summed E-state index contributed by atoms with van der Waals surface area (Å²) in [5, 5.41) is 20.8. The highest BCUT2D eigenvalue weighted by molar-refractivity contribution is 7.99. The van der Waals surface area contributed by atoms with Gasteiger partial charge in [0.2, 0.25) is 0 Å². The lowest BCUT2D eigenvalue weighted by Crippen LogP contribution is -2.08. The Morgan fingerprint density at radius 3 is 2.71 bits per heavy atom. The minimum absolute atomic E-state index is 0.215. The van der Waals surface area contributed by atoms with Crippen LogP contribution in [0.1, 0.15) is 22.7 Å². The summed E-state index contributed by atoms with van der Waals surface area (Å²) in [7, 11) is 0. The highest BCUT2D eigenvalue weighted by Crippen LogP contribution is 2.21. The molecule has 2 aromatic heterocycles. The Hall–Kier alpha value is -1.63. The van der Waals surface area contributed by atoms with E-state index in [2.05, 4.69) is 56.5 Å². The van der Waals surface area contributed by atoms with Crippen LogP contribution >= 0.6 is 23.1 Å². The highest BCUT2D eigenvalue weighted by atomic mass is 32.2. The normalized spacial score (nSPS) is 11.0. The summed E-state index contributed by atoms with van der Waals surface area (Å²) >= 11 is 3.42. The van der Waals surface area contributed by atoms with Crippen LogP contribution in [-0.2, 0) is 19.4 Å². The summed E-state index contributed by atoms with van der Waals surface area (Å²) in [5.41, 5.74) is 1.32. The van der Waals surface area contributed by atoms with Crippen LogP contribution in [0, 0.1) is 0 Å². The lowest BCUT2D eigenvalue weighted by atomic mass is 10.1. The van der Waals surface area contributed by atoms with Gasteiger partial charge >= 0.3 is 0 Å². The summed E-state index contributed by atoms with van der Waals surface area (Å²) in [5.74, 6) is 1.87. The molecule has 0 saturated heterocycles. The molecule has 0 bridgehead atoms. The fraction of sp³-hybridized carbons (Fsp3) is 0.333. The standard InChI is InChI=1S/C18H21N3OS2/c22-11-5-13-24-18-20-19-17(14-16-8-4-12-23-16)21(18)10-9-15-6-2-1-3-7-15/h1-4,6-8,12,22H,5,9-11,13-14H2. The van der Waals surface area contributed by atoms with Crippen molar-refractivity contribution in [2.75, 3.05) is 12.4 Å². The smallest absolute Gasteiger partial charge is 0.191 e. The molecule has 0 radical (unpaired) electrons. The van der Waals surface area contributed by atoms with E-state index in [9.17, 15) is 0 Å². The maximum Gasteiger partial charge on any atom is 0.191 e. The summed E-state index contributed by atoms with van der Waals surface area (Å²) in [6.45, 7) is 1.09. The number of aliphatic hydroxyl groups is 1. The third-order valence-corrected chi connectivity index (χ3v) is 5.64. The Morgan fingerprint density at radius 1 is 1.08 bits per heavy atom. The average molecular weight is 360 g/mol. The molecule has 126 valence electrons. The maximum atomic E-state index is 8.99. The average Bonchev–Trinajstić information content (AvgIpc) is 3.25. The molecule has 1 aromatic carbocycles. The monoisotopic (exact) mass is 359 g/mol. The van der Waals surface area contributed by atoms with Gasteiger partial charge in [-0.2, -0.15) is 0 Å².